The normalized spacial score (nSPS) is 19.1. The number of ether oxygens (including phenoxy) is 1. The van der Waals surface area contributed by atoms with Gasteiger partial charge in [-0.15, -0.1) is 0 Å². The molecule has 0 spiro atoms. The Kier molecular flexibility index (Phi) is 6.19. The van der Waals surface area contributed by atoms with Crippen molar-refractivity contribution in [2.45, 2.75) is 38.4 Å². The molecular weight excluding hydrogens is 491 g/mol. The van der Waals surface area contributed by atoms with Crippen molar-refractivity contribution in [2.24, 2.45) is 0 Å². The van der Waals surface area contributed by atoms with Gasteiger partial charge in [0.15, 0.2) is 23.1 Å². The Balaban J connectivity index is 1.18. The molecule has 2 saturated heterocycles. The molecule has 13 heteroatoms. The maximum atomic E-state index is 13.3. The predicted octanol–water partition coefficient (Wildman–Crippen LogP) is 2.61. The zero-order chi connectivity index (χ0) is 26.2. The number of anilines is 3. The van der Waals surface area contributed by atoms with E-state index in [4.69, 9.17) is 9.72 Å². The molecule has 2 N–H and O–H groups in total. The standard InChI is InChI=1S/C25H27FN10O2/c1-15-7-22(33-32-15)30-21-8-20(24(37)38-2)29-25(31-21)34-13-18-4-5-19(14-34)35(18)11-16-3-6-23(27-9-16)36-12-17(26)10-28-36/h3,6-10,12,18-19H,4-5,11,13-14H2,1-2H3,(H2,29,30,31,32,33). The van der Waals surface area contributed by atoms with Gasteiger partial charge in [0.1, 0.15) is 5.82 Å². The van der Waals surface area contributed by atoms with Crippen LogP contribution in [0, 0.1) is 12.7 Å². The van der Waals surface area contributed by atoms with Crippen LogP contribution >= 0.6 is 0 Å². The lowest BCUT2D eigenvalue weighted by Crippen LogP contribution is -2.53. The average molecular weight is 519 g/mol. The fourth-order valence-electron chi connectivity index (χ4n) is 5.16. The van der Waals surface area contributed by atoms with Crippen molar-refractivity contribution in [3.05, 3.63) is 65.6 Å². The lowest BCUT2D eigenvalue weighted by molar-refractivity contribution is 0.0594. The highest BCUT2D eigenvalue weighted by molar-refractivity contribution is 5.88. The molecule has 2 atom stereocenters. The summed E-state index contributed by atoms with van der Waals surface area (Å²) in [7, 11) is 1.34. The van der Waals surface area contributed by atoms with Gasteiger partial charge < -0.3 is 15.0 Å². The van der Waals surface area contributed by atoms with E-state index >= 15 is 0 Å². The first-order chi connectivity index (χ1) is 18.4. The third-order valence-electron chi connectivity index (χ3n) is 6.95. The van der Waals surface area contributed by atoms with Gasteiger partial charge in [-0.1, -0.05) is 6.07 Å². The number of aryl methyl sites for hydroxylation is 1. The number of H-pyrrole nitrogens is 1. The number of hydrogen-bond acceptors (Lipinski definition) is 10. The molecule has 0 radical (unpaired) electrons. The summed E-state index contributed by atoms with van der Waals surface area (Å²) in [6.07, 6.45) is 6.41. The summed E-state index contributed by atoms with van der Waals surface area (Å²) in [4.78, 5) is 30.7. The van der Waals surface area contributed by atoms with Crippen LogP contribution in [0.3, 0.4) is 0 Å². The number of aromatic nitrogens is 7. The molecule has 2 fully saturated rings. The summed E-state index contributed by atoms with van der Waals surface area (Å²) in [5.41, 5.74) is 2.17. The van der Waals surface area contributed by atoms with Crippen molar-refractivity contribution in [3.63, 3.8) is 0 Å². The summed E-state index contributed by atoms with van der Waals surface area (Å²) >= 11 is 0. The molecule has 0 amide bonds. The number of nitrogens with one attached hydrogen (secondary N) is 2. The first-order valence-corrected chi connectivity index (χ1v) is 12.4. The minimum atomic E-state index is -0.523. The number of hydrogen-bond donors (Lipinski definition) is 2. The number of piperazine rings is 1. The first-order valence-electron chi connectivity index (χ1n) is 12.4. The Morgan fingerprint density at radius 2 is 1.97 bits per heavy atom. The molecule has 0 aromatic carbocycles. The van der Waals surface area contributed by atoms with E-state index in [0.717, 1.165) is 49.9 Å². The van der Waals surface area contributed by atoms with Gasteiger partial charge in [-0.3, -0.25) is 10.00 Å². The van der Waals surface area contributed by atoms with Gasteiger partial charge in [-0.2, -0.15) is 15.2 Å². The Bertz CT molecular complexity index is 1440. The zero-order valence-electron chi connectivity index (χ0n) is 21.0. The maximum absolute atomic E-state index is 13.3. The highest BCUT2D eigenvalue weighted by Crippen LogP contribution is 2.33. The molecule has 4 aromatic rings. The van der Waals surface area contributed by atoms with Crippen molar-refractivity contribution < 1.29 is 13.9 Å². The van der Waals surface area contributed by atoms with Crippen LogP contribution in [0.1, 0.15) is 34.6 Å². The van der Waals surface area contributed by atoms with Crippen LogP contribution in [0.5, 0.6) is 0 Å². The molecule has 2 unspecified atom stereocenters. The van der Waals surface area contributed by atoms with E-state index in [9.17, 15) is 9.18 Å². The van der Waals surface area contributed by atoms with Crippen LogP contribution in [0.4, 0.5) is 22.0 Å². The van der Waals surface area contributed by atoms with E-state index in [1.807, 2.05) is 31.3 Å². The molecular formula is C25H27FN10O2. The largest absolute Gasteiger partial charge is 0.464 e. The number of methoxy groups -OCH3 is 1. The Hall–Kier alpha value is -4.39. The van der Waals surface area contributed by atoms with Gasteiger partial charge in [0.2, 0.25) is 5.95 Å². The third kappa shape index (κ3) is 4.79. The highest BCUT2D eigenvalue weighted by atomic mass is 19.1. The minimum absolute atomic E-state index is 0.185. The van der Waals surface area contributed by atoms with Crippen LogP contribution in [-0.4, -0.2) is 78.1 Å². The fraction of sp³-hybridized carbons (Fsp3) is 0.360. The molecule has 6 heterocycles. The first kappa shape index (κ1) is 24.0. The van der Waals surface area contributed by atoms with Gasteiger partial charge in [0, 0.05) is 55.7 Å². The van der Waals surface area contributed by atoms with E-state index in [2.05, 4.69) is 40.4 Å². The van der Waals surface area contributed by atoms with Crippen molar-refractivity contribution in [3.8, 4) is 5.82 Å². The van der Waals surface area contributed by atoms with Crippen LogP contribution in [-0.2, 0) is 11.3 Å². The third-order valence-corrected chi connectivity index (χ3v) is 6.95. The highest BCUT2D eigenvalue weighted by Gasteiger charge is 2.40. The van der Waals surface area contributed by atoms with Crippen molar-refractivity contribution in [2.75, 3.05) is 30.4 Å². The van der Waals surface area contributed by atoms with E-state index in [0.29, 0.717) is 35.5 Å². The zero-order valence-corrected chi connectivity index (χ0v) is 21.0. The number of carbonyl (C=O) groups is 1. The summed E-state index contributed by atoms with van der Waals surface area (Å²) in [5.74, 6) is 1.21. The molecule has 12 nitrogen and oxygen atoms in total. The van der Waals surface area contributed by atoms with E-state index < -0.39 is 11.8 Å². The molecule has 0 aliphatic carbocycles. The molecule has 6 rings (SSSR count). The Morgan fingerprint density at radius 3 is 2.61 bits per heavy atom. The van der Waals surface area contributed by atoms with Crippen molar-refractivity contribution in [1.82, 2.24) is 39.8 Å². The number of fused-ring (bicyclic) bond motifs is 2. The van der Waals surface area contributed by atoms with Gasteiger partial charge >= 0.3 is 5.97 Å². The molecule has 2 aliphatic rings. The number of aromatic amines is 1. The topological polar surface area (TPSA) is 130 Å². The number of carbonyl (C=O) groups excluding carboxylic acids is 1. The minimum Gasteiger partial charge on any atom is -0.464 e. The van der Waals surface area contributed by atoms with Crippen molar-refractivity contribution in [1.29, 1.82) is 0 Å². The molecule has 38 heavy (non-hydrogen) atoms. The second kappa shape index (κ2) is 9.82. The molecule has 0 saturated carbocycles. The van der Waals surface area contributed by atoms with Gasteiger partial charge in [-0.05, 0) is 31.4 Å². The summed E-state index contributed by atoms with van der Waals surface area (Å²) in [6.45, 7) is 4.14. The van der Waals surface area contributed by atoms with E-state index in [1.165, 1.54) is 18.0 Å². The quantitative estimate of drug-likeness (QED) is 0.352. The molecule has 196 valence electrons. The van der Waals surface area contributed by atoms with Crippen molar-refractivity contribution >= 4 is 23.6 Å². The SMILES string of the molecule is COC(=O)c1cc(Nc2cc(C)[nH]n2)nc(N2CC3CCC(C2)N3Cc2ccc(-n3cc(F)cn3)nc2)n1. The molecule has 2 bridgehead atoms. The summed E-state index contributed by atoms with van der Waals surface area (Å²) < 4.78 is 19.6. The lowest BCUT2D eigenvalue weighted by Gasteiger charge is -2.41. The number of pyridine rings is 1. The smallest absolute Gasteiger partial charge is 0.356 e. The van der Waals surface area contributed by atoms with Crippen LogP contribution < -0.4 is 10.2 Å². The molecule has 2 aliphatic heterocycles. The van der Waals surface area contributed by atoms with Crippen LogP contribution in [0.25, 0.3) is 5.82 Å². The monoisotopic (exact) mass is 518 g/mol. The fourth-order valence-corrected chi connectivity index (χ4v) is 5.16. The van der Waals surface area contributed by atoms with Gasteiger partial charge in [0.25, 0.3) is 0 Å². The number of rotatable bonds is 7. The molecule has 4 aromatic heterocycles. The average Bonchev–Trinajstić information content (AvgIpc) is 3.60. The van der Waals surface area contributed by atoms with Gasteiger partial charge in [0.05, 0.1) is 19.5 Å². The Labute approximate surface area is 217 Å². The second-order valence-corrected chi connectivity index (χ2v) is 9.58. The number of nitrogens with zero attached hydrogens (tertiary/aromatic N) is 8. The van der Waals surface area contributed by atoms with Crippen LogP contribution in [0.2, 0.25) is 0 Å². The summed E-state index contributed by atoms with van der Waals surface area (Å²) in [6, 6.07) is 7.90. The summed E-state index contributed by atoms with van der Waals surface area (Å²) in [5, 5.41) is 14.2. The Morgan fingerprint density at radius 1 is 1.16 bits per heavy atom. The van der Waals surface area contributed by atoms with E-state index in [-0.39, 0.29) is 5.69 Å². The number of halogens is 1. The number of esters is 1. The van der Waals surface area contributed by atoms with Crippen LogP contribution in [0.15, 0.2) is 42.9 Å². The second-order valence-electron chi connectivity index (χ2n) is 9.58. The lowest BCUT2D eigenvalue weighted by atomic mass is 10.1. The maximum Gasteiger partial charge on any atom is 0.356 e. The predicted molar refractivity (Wildman–Crippen MR) is 136 cm³/mol. The van der Waals surface area contributed by atoms with Gasteiger partial charge in [-0.25, -0.2) is 23.8 Å². The van der Waals surface area contributed by atoms with E-state index in [1.54, 1.807) is 6.07 Å².